The number of hydrogen-bond donors (Lipinski definition) is 2. The molecule has 0 aromatic carbocycles. The second kappa shape index (κ2) is 4.72. The Balaban J connectivity index is 1.86. The van der Waals surface area contributed by atoms with Crippen molar-refractivity contribution in [1.29, 1.82) is 0 Å². The Hall–Kier alpha value is -0.770. The molecular formula is C14H26N2O2. The molecule has 1 aliphatic carbocycles. The highest BCUT2D eigenvalue weighted by Crippen LogP contribution is 2.43. The lowest BCUT2D eigenvalue weighted by Crippen LogP contribution is -2.54. The largest absolute Gasteiger partial charge is 0.444 e. The highest BCUT2D eigenvalue weighted by atomic mass is 16.6. The van der Waals surface area contributed by atoms with Gasteiger partial charge in [0.15, 0.2) is 0 Å². The molecule has 18 heavy (non-hydrogen) atoms. The van der Waals surface area contributed by atoms with Gasteiger partial charge in [0.2, 0.25) is 0 Å². The van der Waals surface area contributed by atoms with Gasteiger partial charge in [0, 0.05) is 6.54 Å². The van der Waals surface area contributed by atoms with E-state index in [9.17, 15) is 4.79 Å². The first kappa shape index (κ1) is 13.7. The molecular weight excluding hydrogens is 228 g/mol. The third kappa shape index (κ3) is 3.87. The molecule has 0 radical (unpaired) electrons. The van der Waals surface area contributed by atoms with Crippen molar-refractivity contribution in [3.63, 3.8) is 0 Å². The average molecular weight is 254 g/mol. The number of hydrogen-bond acceptors (Lipinski definition) is 3. The normalized spacial score (nSPS) is 36.0. The van der Waals surface area contributed by atoms with Crippen molar-refractivity contribution in [1.82, 2.24) is 10.6 Å². The molecule has 3 atom stereocenters. The van der Waals surface area contributed by atoms with Crippen LogP contribution in [0.4, 0.5) is 4.79 Å². The zero-order chi connectivity index (χ0) is 13.4. The molecule has 2 fully saturated rings. The van der Waals surface area contributed by atoms with E-state index in [1.165, 1.54) is 12.8 Å². The van der Waals surface area contributed by atoms with Gasteiger partial charge >= 0.3 is 6.09 Å². The van der Waals surface area contributed by atoms with E-state index < -0.39 is 5.60 Å². The van der Waals surface area contributed by atoms with Crippen molar-refractivity contribution in [2.75, 3.05) is 13.1 Å². The molecule has 0 aromatic heterocycles. The van der Waals surface area contributed by atoms with Crippen LogP contribution in [0.3, 0.4) is 0 Å². The van der Waals surface area contributed by atoms with Crippen LogP contribution in [0.25, 0.3) is 0 Å². The van der Waals surface area contributed by atoms with Crippen LogP contribution in [-0.4, -0.2) is 30.3 Å². The van der Waals surface area contributed by atoms with Gasteiger partial charge in [0.1, 0.15) is 5.60 Å². The monoisotopic (exact) mass is 254 g/mol. The summed E-state index contributed by atoms with van der Waals surface area (Å²) in [5.41, 5.74) is -0.618. The molecule has 3 unspecified atom stereocenters. The number of fused-ring (bicyclic) bond motifs is 1. The molecule has 4 nitrogen and oxygen atoms in total. The van der Waals surface area contributed by atoms with Crippen molar-refractivity contribution in [2.45, 2.75) is 58.1 Å². The lowest BCUT2D eigenvalue weighted by atomic mass is 9.92. The van der Waals surface area contributed by atoms with Crippen molar-refractivity contribution in [3.05, 3.63) is 0 Å². The van der Waals surface area contributed by atoms with E-state index in [2.05, 4.69) is 17.6 Å². The quantitative estimate of drug-likeness (QED) is 0.755. The minimum absolute atomic E-state index is 0.185. The summed E-state index contributed by atoms with van der Waals surface area (Å²) in [4.78, 5) is 11.9. The van der Waals surface area contributed by atoms with Gasteiger partial charge in [-0.3, -0.25) is 0 Å². The lowest BCUT2D eigenvalue weighted by molar-refractivity contribution is 0.0453. The predicted molar refractivity (Wildman–Crippen MR) is 71.5 cm³/mol. The smallest absolute Gasteiger partial charge is 0.408 e. The number of ether oxygens (including phenoxy) is 1. The lowest BCUT2D eigenvalue weighted by Gasteiger charge is -2.33. The molecule has 1 heterocycles. The summed E-state index contributed by atoms with van der Waals surface area (Å²) in [6.45, 7) is 9.69. The number of rotatable bonds is 1. The Morgan fingerprint density at radius 1 is 1.39 bits per heavy atom. The van der Waals surface area contributed by atoms with E-state index in [0.29, 0.717) is 0 Å². The van der Waals surface area contributed by atoms with Gasteiger partial charge in [0.25, 0.3) is 0 Å². The summed E-state index contributed by atoms with van der Waals surface area (Å²) in [5.74, 6) is 1.76. The first-order valence-corrected chi connectivity index (χ1v) is 6.99. The van der Waals surface area contributed by atoms with E-state index in [1.54, 1.807) is 0 Å². The van der Waals surface area contributed by atoms with E-state index >= 15 is 0 Å². The first-order valence-electron chi connectivity index (χ1n) is 6.99. The minimum atomic E-state index is -0.433. The molecule has 0 aromatic rings. The fourth-order valence-electron chi connectivity index (χ4n) is 2.70. The maximum absolute atomic E-state index is 11.9. The van der Waals surface area contributed by atoms with Crippen molar-refractivity contribution >= 4 is 6.09 Å². The van der Waals surface area contributed by atoms with Gasteiger partial charge in [-0.25, -0.2) is 4.79 Å². The second-order valence-electron chi connectivity index (χ2n) is 7.11. The number of nitrogens with one attached hydrogen (secondary N) is 2. The number of carbonyl (C=O) groups excluding carboxylic acids is 1. The molecule has 1 aliphatic heterocycles. The third-order valence-corrected chi connectivity index (χ3v) is 3.86. The fraction of sp³-hybridized carbons (Fsp3) is 0.929. The number of amides is 1. The van der Waals surface area contributed by atoms with Gasteiger partial charge in [-0.05, 0) is 65.3 Å². The molecule has 2 aliphatic rings. The molecule has 2 rings (SSSR count). The van der Waals surface area contributed by atoms with Crippen LogP contribution in [0, 0.1) is 11.8 Å². The standard InChI is InChI=1S/C14H26N2O2/c1-13(2,3)18-12(17)16-14(4)6-5-10-7-11(10)8-15-9-14/h10-11,15H,5-9H2,1-4H3,(H,16,17). The Morgan fingerprint density at radius 3 is 2.78 bits per heavy atom. The van der Waals surface area contributed by atoms with Crippen molar-refractivity contribution in [3.8, 4) is 0 Å². The summed E-state index contributed by atoms with van der Waals surface area (Å²) < 4.78 is 5.34. The molecule has 4 heteroatoms. The maximum Gasteiger partial charge on any atom is 0.408 e. The van der Waals surface area contributed by atoms with Crippen LogP contribution >= 0.6 is 0 Å². The SMILES string of the molecule is CC1(NC(=O)OC(C)(C)C)CCC2CC2CNC1. The minimum Gasteiger partial charge on any atom is -0.444 e. The van der Waals surface area contributed by atoms with E-state index in [1.807, 2.05) is 20.8 Å². The fourth-order valence-corrected chi connectivity index (χ4v) is 2.70. The van der Waals surface area contributed by atoms with Crippen LogP contribution in [0.5, 0.6) is 0 Å². The molecule has 1 amide bonds. The summed E-state index contributed by atoms with van der Waals surface area (Å²) in [7, 11) is 0. The van der Waals surface area contributed by atoms with Crippen LogP contribution < -0.4 is 10.6 Å². The Kier molecular flexibility index (Phi) is 3.58. The molecule has 0 spiro atoms. The Morgan fingerprint density at radius 2 is 2.11 bits per heavy atom. The zero-order valence-corrected chi connectivity index (χ0v) is 12.0. The first-order chi connectivity index (χ1) is 8.27. The highest BCUT2D eigenvalue weighted by molar-refractivity contribution is 5.68. The Labute approximate surface area is 110 Å². The number of carbonyl (C=O) groups is 1. The van der Waals surface area contributed by atoms with Gasteiger partial charge in [-0.15, -0.1) is 0 Å². The number of alkyl carbamates (subject to hydrolysis) is 1. The van der Waals surface area contributed by atoms with Crippen LogP contribution in [0.15, 0.2) is 0 Å². The summed E-state index contributed by atoms with van der Waals surface area (Å²) >= 11 is 0. The van der Waals surface area contributed by atoms with E-state index in [-0.39, 0.29) is 11.6 Å². The second-order valence-corrected chi connectivity index (χ2v) is 7.11. The highest BCUT2D eigenvalue weighted by Gasteiger charge is 2.41. The van der Waals surface area contributed by atoms with Crippen LogP contribution in [-0.2, 0) is 4.74 Å². The van der Waals surface area contributed by atoms with E-state index in [4.69, 9.17) is 4.74 Å². The molecule has 1 saturated carbocycles. The summed E-state index contributed by atoms with van der Waals surface area (Å²) in [5, 5.41) is 6.50. The van der Waals surface area contributed by atoms with Gasteiger partial charge < -0.3 is 15.4 Å². The van der Waals surface area contributed by atoms with Gasteiger partial charge in [-0.1, -0.05) is 0 Å². The molecule has 1 saturated heterocycles. The topological polar surface area (TPSA) is 50.4 Å². The van der Waals surface area contributed by atoms with Gasteiger partial charge in [-0.2, -0.15) is 0 Å². The zero-order valence-electron chi connectivity index (χ0n) is 12.0. The molecule has 104 valence electrons. The summed E-state index contributed by atoms with van der Waals surface area (Å²) in [6, 6.07) is 0. The van der Waals surface area contributed by atoms with Crippen LogP contribution in [0.1, 0.15) is 47.0 Å². The molecule has 0 bridgehead atoms. The molecule has 2 N–H and O–H groups in total. The van der Waals surface area contributed by atoms with Gasteiger partial charge in [0.05, 0.1) is 5.54 Å². The van der Waals surface area contributed by atoms with Crippen LogP contribution in [0.2, 0.25) is 0 Å². The maximum atomic E-state index is 11.9. The Bertz CT molecular complexity index is 324. The van der Waals surface area contributed by atoms with Crippen molar-refractivity contribution in [2.24, 2.45) is 11.8 Å². The predicted octanol–water partition coefficient (Wildman–Crippen LogP) is 2.29. The summed E-state index contributed by atoms with van der Waals surface area (Å²) in [6.07, 6.45) is 3.30. The van der Waals surface area contributed by atoms with Crippen molar-refractivity contribution < 1.29 is 9.53 Å². The van der Waals surface area contributed by atoms with E-state index in [0.717, 1.165) is 31.3 Å². The average Bonchev–Trinajstić information content (AvgIpc) is 2.87. The third-order valence-electron chi connectivity index (χ3n) is 3.86.